The van der Waals surface area contributed by atoms with Crippen LogP contribution in [0.2, 0.25) is 0 Å². The van der Waals surface area contributed by atoms with Crippen molar-refractivity contribution in [2.45, 2.75) is 58.5 Å². The highest BCUT2D eigenvalue weighted by Crippen LogP contribution is 2.40. The lowest BCUT2D eigenvalue weighted by atomic mass is 9.89. The van der Waals surface area contributed by atoms with Crippen molar-refractivity contribution in [3.8, 4) is 22.4 Å². The summed E-state index contributed by atoms with van der Waals surface area (Å²) in [7, 11) is 0. The molecule has 2 heterocycles. The van der Waals surface area contributed by atoms with Crippen LogP contribution in [0.15, 0.2) is 67.0 Å². The van der Waals surface area contributed by atoms with Crippen molar-refractivity contribution in [2.24, 2.45) is 5.92 Å². The van der Waals surface area contributed by atoms with Crippen molar-refractivity contribution >= 4 is 11.0 Å². The Balaban J connectivity index is 1.84. The molecule has 164 valence electrons. The van der Waals surface area contributed by atoms with E-state index in [-0.39, 0.29) is 0 Å². The van der Waals surface area contributed by atoms with Crippen molar-refractivity contribution in [1.29, 1.82) is 5.41 Å². The number of fused-ring (bicyclic) bond motifs is 1. The Labute approximate surface area is 190 Å². The van der Waals surface area contributed by atoms with Crippen LogP contribution in [0.5, 0.6) is 0 Å². The van der Waals surface area contributed by atoms with E-state index in [1.54, 1.807) is 0 Å². The highest BCUT2D eigenvalue weighted by atomic mass is 15.1. The highest BCUT2D eigenvalue weighted by Gasteiger charge is 2.25. The monoisotopic (exact) mass is 424 g/mol. The SMILES string of the molecule is CCCn1cnc2c(c(-c3ccccc3)c(-c3ccccc3)n2CC2CCCCC2)c1=N. The van der Waals surface area contributed by atoms with Gasteiger partial charge in [-0.3, -0.25) is 5.41 Å². The molecule has 32 heavy (non-hydrogen) atoms. The van der Waals surface area contributed by atoms with Gasteiger partial charge in [-0.2, -0.15) is 0 Å². The summed E-state index contributed by atoms with van der Waals surface area (Å²) in [5, 5.41) is 10.1. The second-order valence-corrected chi connectivity index (χ2v) is 9.06. The van der Waals surface area contributed by atoms with E-state index in [1.165, 1.54) is 43.4 Å². The third-order valence-electron chi connectivity index (χ3n) is 6.82. The first-order chi connectivity index (χ1) is 15.8. The van der Waals surface area contributed by atoms with E-state index >= 15 is 0 Å². The van der Waals surface area contributed by atoms with Crippen LogP contribution in [-0.4, -0.2) is 14.1 Å². The molecule has 1 aliphatic carbocycles. The second-order valence-electron chi connectivity index (χ2n) is 9.06. The summed E-state index contributed by atoms with van der Waals surface area (Å²) in [6.07, 6.45) is 9.42. The Morgan fingerprint density at radius 2 is 1.56 bits per heavy atom. The van der Waals surface area contributed by atoms with Crippen molar-refractivity contribution in [3.63, 3.8) is 0 Å². The molecule has 0 saturated heterocycles. The fraction of sp³-hybridized carbons (Fsp3) is 0.357. The van der Waals surface area contributed by atoms with Crippen LogP contribution in [0.4, 0.5) is 0 Å². The predicted octanol–water partition coefficient (Wildman–Crippen LogP) is 6.64. The van der Waals surface area contributed by atoms with Gasteiger partial charge >= 0.3 is 0 Å². The standard InChI is InChI=1S/C28H32N4/c1-2-18-31-20-30-28-25(27(31)29)24(22-14-8-4-9-15-22)26(23-16-10-5-11-17-23)32(28)19-21-12-6-3-7-13-21/h4-5,8-11,14-17,20-21,29H,2-3,6-7,12-13,18-19H2,1H3. The van der Waals surface area contributed by atoms with Crippen LogP contribution in [0.3, 0.4) is 0 Å². The summed E-state index contributed by atoms with van der Waals surface area (Å²) in [6, 6.07) is 21.3. The van der Waals surface area contributed by atoms with E-state index in [4.69, 9.17) is 10.4 Å². The van der Waals surface area contributed by atoms with E-state index < -0.39 is 0 Å². The Hall–Kier alpha value is -3.14. The van der Waals surface area contributed by atoms with Crippen LogP contribution < -0.4 is 5.49 Å². The van der Waals surface area contributed by atoms with Crippen molar-refractivity contribution in [1.82, 2.24) is 14.1 Å². The van der Waals surface area contributed by atoms with Gasteiger partial charge in [0.05, 0.1) is 17.4 Å². The van der Waals surface area contributed by atoms with Crippen LogP contribution >= 0.6 is 0 Å². The minimum absolute atomic E-state index is 0.565. The molecule has 4 aromatic rings. The van der Waals surface area contributed by atoms with Gasteiger partial charge in [0.25, 0.3) is 0 Å². The summed E-state index contributed by atoms with van der Waals surface area (Å²) in [5.74, 6) is 0.671. The van der Waals surface area contributed by atoms with Gasteiger partial charge in [-0.1, -0.05) is 86.8 Å². The third kappa shape index (κ3) is 3.79. The third-order valence-corrected chi connectivity index (χ3v) is 6.82. The molecule has 0 amide bonds. The topological polar surface area (TPSA) is 46.6 Å². The fourth-order valence-electron chi connectivity index (χ4n) is 5.29. The number of aryl methyl sites for hydroxylation is 1. The van der Waals surface area contributed by atoms with Crippen molar-refractivity contribution < 1.29 is 0 Å². The molecule has 0 radical (unpaired) electrons. The Morgan fingerprint density at radius 1 is 0.906 bits per heavy atom. The maximum Gasteiger partial charge on any atom is 0.146 e. The van der Waals surface area contributed by atoms with Crippen LogP contribution in [0.1, 0.15) is 45.4 Å². The molecule has 4 nitrogen and oxygen atoms in total. The second kappa shape index (κ2) is 9.15. The zero-order chi connectivity index (χ0) is 21.9. The average Bonchev–Trinajstić information content (AvgIpc) is 3.17. The predicted molar refractivity (Wildman–Crippen MR) is 131 cm³/mol. The molecule has 1 fully saturated rings. The molecular formula is C28H32N4. The summed E-state index contributed by atoms with van der Waals surface area (Å²) in [6.45, 7) is 3.93. The summed E-state index contributed by atoms with van der Waals surface area (Å²) < 4.78 is 4.42. The number of aromatic nitrogens is 3. The average molecular weight is 425 g/mol. The first-order valence-electron chi connectivity index (χ1n) is 12.0. The summed E-state index contributed by atoms with van der Waals surface area (Å²) in [5.41, 5.74) is 6.21. The Morgan fingerprint density at radius 3 is 2.22 bits per heavy atom. The van der Waals surface area contributed by atoms with Crippen molar-refractivity contribution in [2.75, 3.05) is 0 Å². The fourth-order valence-corrected chi connectivity index (χ4v) is 5.29. The number of hydrogen-bond acceptors (Lipinski definition) is 2. The highest BCUT2D eigenvalue weighted by molar-refractivity contribution is 6.02. The summed E-state index contributed by atoms with van der Waals surface area (Å²) in [4.78, 5) is 4.96. The molecule has 5 rings (SSSR count). The van der Waals surface area contributed by atoms with Gasteiger partial charge < -0.3 is 9.13 Å². The first-order valence-corrected chi connectivity index (χ1v) is 12.0. The summed E-state index contributed by atoms with van der Waals surface area (Å²) >= 11 is 0. The van der Waals surface area contributed by atoms with Gasteiger partial charge in [-0.25, -0.2) is 4.98 Å². The lowest BCUT2D eigenvalue weighted by Crippen LogP contribution is -2.21. The minimum atomic E-state index is 0.565. The first kappa shape index (κ1) is 20.7. The van der Waals surface area contributed by atoms with Gasteiger partial charge in [0, 0.05) is 18.7 Å². The molecule has 0 atom stereocenters. The normalized spacial score (nSPS) is 14.8. The number of benzene rings is 2. The van der Waals surface area contributed by atoms with Gasteiger partial charge in [-0.15, -0.1) is 0 Å². The van der Waals surface area contributed by atoms with Gasteiger partial charge in [0.1, 0.15) is 11.1 Å². The molecule has 0 unspecified atom stereocenters. The maximum absolute atomic E-state index is 9.13. The molecule has 2 aromatic carbocycles. The number of nitrogens with one attached hydrogen (secondary N) is 1. The molecule has 0 spiro atoms. The van der Waals surface area contributed by atoms with Gasteiger partial charge in [0.2, 0.25) is 0 Å². The van der Waals surface area contributed by atoms with E-state index in [1.807, 2.05) is 10.9 Å². The van der Waals surface area contributed by atoms with Crippen LogP contribution in [0.25, 0.3) is 33.4 Å². The Kier molecular flexibility index (Phi) is 5.93. The lowest BCUT2D eigenvalue weighted by Gasteiger charge is -2.24. The van der Waals surface area contributed by atoms with Crippen molar-refractivity contribution in [3.05, 3.63) is 72.5 Å². The Bertz CT molecular complexity index is 1250. The molecule has 0 bridgehead atoms. The molecule has 1 saturated carbocycles. The minimum Gasteiger partial charge on any atom is -0.324 e. The molecule has 2 aromatic heterocycles. The molecule has 4 heteroatoms. The molecule has 1 N–H and O–H groups in total. The number of rotatable bonds is 6. The smallest absolute Gasteiger partial charge is 0.146 e. The van der Waals surface area contributed by atoms with E-state index in [0.29, 0.717) is 11.4 Å². The largest absolute Gasteiger partial charge is 0.324 e. The van der Waals surface area contributed by atoms with E-state index in [2.05, 4.69) is 72.2 Å². The zero-order valence-corrected chi connectivity index (χ0v) is 18.9. The van der Waals surface area contributed by atoms with Crippen LogP contribution in [0, 0.1) is 11.3 Å². The number of nitrogens with zero attached hydrogens (tertiary/aromatic N) is 3. The van der Waals surface area contributed by atoms with Gasteiger partial charge in [-0.05, 0) is 36.3 Å². The number of hydrogen-bond donors (Lipinski definition) is 1. The zero-order valence-electron chi connectivity index (χ0n) is 18.9. The van der Waals surface area contributed by atoms with E-state index in [0.717, 1.165) is 41.7 Å². The van der Waals surface area contributed by atoms with Crippen LogP contribution in [-0.2, 0) is 13.1 Å². The maximum atomic E-state index is 9.13. The van der Waals surface area contributed by atoms with E-state index in [9.17, 15) is 0 Å². The lowest BCUT2D eigenvalue weighted by molar-refractivity contribution is 0.323. The van der Waals surface area contributed by atoms with Gasteiger partial charge in [0.15, 0.2) is 0 Å². The quantitative estimate of drug-likeness (QED) is 0.370. The molecule has 1 aliphatic rings. The molecular weight excluding hydrogens is 392 g/mol. The molecule has 0 aliphatic heterocycles.